The second-order valence-electron chi connectivity index (χ2n) is 6.50. The Hall–Kier alpha value is -2.13. The fourth-order valence-corrected chi connectivity index (χ4v) is 3.62. The van der Waals surface area contributed by atoms with Crippen LogP contribution in [0.15, 0.2) is 54.7 Å². The summed E-state index contributed by atoms with van der Waals surface area (Å²) in [5.74, 6) is 0.422. The summed E-state index contributed by atoms with van der Waals surface area (Å²) < 4.78 is 13.0. The number of hydrogen-bond acceptors (Lipinski definition) is 1. The van der Waals surface area contributed by atoms with Gasteiger partial charge in [-0.2, -0.15) is 0 Å². The minimum absolute atomic E-state index is 0.147. The van der Waals surface area contributed by atoms with Gasteiger partial charge in [-0.1, -0.05) is 18.2 Å². The normalized spacial score (nSPS) is 16.9. The van der Waals surface area contributed by atoms with Crippen LogP contribution in [0.2, 0.25) is 0 Å². The highest BCUT2D eigenvalue weighted by Gasteiger charge is 2.20. The lowest BCUT2D eigenvalue weighted by Gasteiger charge is -2.32. The highest BCUT2D eigenvalue weighted by Crippen LogP contribution is 2.29. The lowest BCUT2D eigenvalue weighted by Crippen LogP contribution is -2.32. The van der Waals surface area contributed by atoms with Crippen molar-refractivity contribution in [3.05, 3.63) is 71.7 Å². The number of aromatic amines is 1. The number of rotatable bonds is 3. The monoisotopic (exact) mass is 308 g/mol. The largest absolute Gasteiger partial charge is 0.361 e. The molecule has 0 radical (unpaired) electrons. The van der Waals surface area contributed by atoms with E-state index in [0.29, 0.717) is 5.92 Å². The molecule has 0 amide bonds. The molecule has 2 nitrogen and oxygen atoms in total. The van der Waals surface area contributed by atoms with Gasteiger partial charge >= 0.3 is 0 Å². The van der Waals surface area contributed by atoms with Crippen LogP contribution in [0.25, 0.3) is 10.9 Å². The predicted molar refractivity (Wildman–Crippen MR) is 92.0 cm³/mol. The van der Waals surface area contributed by atoms with Gasteiger partial charge in [-0.3, -0.25) is 4.90 Å². The first-order chi connectivity index (χ1) is 11.3. The molecule has 1 saturated heterocycles. The van der Waals surface area contributed by atoms with Crippen LogP contribution in [0.3, 0.4) is 0 Å². The summed E-state index contributed by atoms with van der Waals surface area (Å²) in [5, 5.41) is 1.28. The van der Waals surface area contributed by atoms with E-state index in [4.69, 9.17) is 0 Å². The van der Waals surface area contributed by atoms with Gasteiger partial charge < -0.3 is 4.98 Å². The number of nitrogens with zero attached hydrogens (tertiary/aromatic N) is 1. The van der Waals surface area contributed by atoms with E-state index in [0.717, 1.165) is 32.5 Å². The molecule has 0 saturated carbocycles. The van der Waals surface area contributed by atoms with Crippen LogP contribution in [0.4, 0.5) is 4.39 Å². The molecule has 1 N–H and O–H groups in total. The van der Waals surface area contributed by atoms with E-state index in [1.54, 1.807) is 12.1 Å². The maximum Gasteiger partial charge on any atom is 0.123 e. The quantitative estimate of drug-likeness (QED) is 0.744. The highest BCUT2D eigenvalue weighted by molar-refractivity contribution is 5.79. The Bertz CT molecular complexity index is 783. The molecule has 3 aromatic rings. The second-order valence-corrected chi connectivity index (χ2v) is 6.50. The topological polar surface area (TPSA) is 19.0 Å². The van der Waals surface area contributed by atoms with E-state index in [-0.39, 0.29) is 5.82 Å². The van der Waals surface area contributed by atoms with Crippen LogP contribution in [-0.2, 0) is 6.54 Å². The number of benzene rings is 2. The minimum Gasteiger partial charge on any atom is -0.361 e. The summed E-state index contributed by atoms with van der Waals surface area (Å²) in [5.41, 5.74) is 3.85. The van der Waals surface area contributed by atoms with Crippen molar-refractivity contribution in [2.75, 3.05) is 13.1 Å². The van der Waals surface area contributed by atoms with Crippen molar-refractivity contribution in [1.82, 2.24) is 9.88 Å². The first-order valence-corrected chi connectivity index (χ1v) is 8.32. The van der Waals surface area contributed by atoms with Crippen LogP contribution in [0.1, 0.15) is 29.9 Å². The molecule has 0 bridgehead atoms. The van der Waals surface area contributed by atoms with E-state index in [9.17, 15) is 4.39 Å². The van der Waals surface area contributed by atoms with Crippen molar-refractivity contribution in [1.29, 1.82) is 0 Å². The molecule has 0 aliphatic carbocycles. The Kier molecular flexibility index (Phi) is 3.88. The zero-order valence-electron chi connectivity index (χ0n) is 13.1. The molecule has 1 aliphatic heterocycles. The number of H-pyrrole nitrogens is 1. The van der Waals surface area contributed by atoms with Crippen LogP contribution in [0, 0.1) is 5.82 Å². The van der Waals surface area contributed by atoms with E-state index in [1.807, 2.05) is 18.3 Å². The molecule has 2 heterocycles. The van der Waals surface area contributed by atoms with Crippen molar-refractivity contribution >= 4 is 10.9 Å². The lowest BCUT2D eigenvalue weighted by atomic mass is 9.89. The average molecular weight is 308 g/mol. The molecule has 118 valence electrons. The van der Waals surface area contributed by atoms with Gasteiger partial charge in [0.15, 0.2) is 0 Å². The summed E-state index contributed by atoms with van der Waals surface area (Å²) in [6, 6.07) is 15.8. The van der Waals surface area contributed by atoms with Gasteiger partial charge in [0, 0.05) is 18.3 Å². The molecular formula is C20H21FN2. The first-order valence-electron chi connectivity index (χ1n) is 8.32. The lowest BCUT2D eigenvalue weighted by molar-refractivity contribution is 0.204. The van der Waals surface area contributed by atoms with E-state index in [1.165, 1.54) is 22.0 Å². The van der Waals surface area contributed by atoms with Crippen LogP contribution < -0.4 is 0 Å². The van der Waals surface area contributed by atoms with E-state index in [2.05, 4.69) is 34.1 Å². The van der Waals surface area contributed by atoms with Crippen LogP contribution in [0.5, 0.6) is 0 Å². The van der Waals surface area contributed by atoms with Gasteiger partial charge in [-0.25, -0.2) is 4.39 Å². The summed E-state index contributed by atoms with van der Waals surface area (Å²) in [7, 11) is 0. The maximum atomic E-state index is 13.0. The fourth-order valence-electron chi connectivity index (χ4n) is 3.62. The Morgan fingerprint density at radius 3 is 2.57 bits per heavy atom. The Balaban J connectivity index is 1.38. The summed E-state index contributed by atoms with van der Waals surface area (Å²) in [4.78, 5) is 5.76. The van der Waals surface area contributed by atoms with Crippen molar-refractivity contribution in [3.63, 3.8) is 0 Å². The van der Waals surface area contributed by atoms with Gasteiger partial charge in [0.1, 0.15) is 5.82 Å². The number of aromatic nitrogens is 1. The number of piperidine rings is 1. The second kappa shape index (κ2) is 6.17. The smallest absolute Gasteiger partial charge is 0.123 e. The molecule has 23 heavy (non-hydrogen) atoms. The zero-order chi connectivity index (χ0) is 15.6. The maximum absolute atomic E-state index is 13.0. The third-order valence-electron chi connectivity index (χ3n) is 4.95. The molecular weight excluding hydrogens is 287 g/mol. The average Bonchev–Trinajstić information content (AvgIpc) is 3.04. The SMILES string of the molecule is Fc1ccc(C2CCN(Cc3ccc4[nH]ccc4c3)CC2)cc1. The molecule has 1 aliphatic rings. The summed E-state index contributed by atoms with van der Waals surface area (Å²) >= 11 is 0. The predicted octanol–water partition coefficient (Wildman–Crippen LogP) is 4.69. The first kappa shape index (κ1) is 14.5. The third-order valence-corrected chi connectivity index (χ3v) is 4.95. The summed E-state index contributed by atoms with van der Waals surface area (Å²) in [6.45, 7) is 3.22. The van der Waals surface area contributed by atoms with E-state index < -0.39 is 0 Å². The van der Waals surface area contributed by atoms with E-state index >= 15 is 0 Å². The molecule has 3 heteroatoms. The van der Waals surface area contributed by atoms with Crippen LogP contribution in [-0.4, -0.2) is 23.0 Å². The molecule has 0 spiro atoms. The standard InChI is InChI=1S/C20H21FN2/c21-19-4-2-16(3-5-19)17-8-11-23(12-9-17)14-15-1-6-20-18(13-15)7-10-22-20/h1-7,10,13,17,22H,8-9,11-12,14H2. The molecule has 0 unspecified atom stereocenters. The van der Waals surface area contributed by atoms with Crippen molar-refractivity contribution in [3.8, 4) is 0 Å². The molecule has 2 aromatic carbocycles. The van der Waals surface area contributed by atoms with Gasteiger partial charge in [-0.05, 0) is 78.7 Å². The van der Waals surface area contributed by atoms with Gasteiger partial charge in [0.05, 0.1) is 0 Å². The summed E-state index contributed by atoms with van der Waals surface area (Å²) in [6.07, 6.45) is 4.29. The Morgan fingerprint density at radius 1 is 1.00 bits per heavy atom. The van der Waals surface area contributed by atoms with Crippen molar-refractivity contribution < 1.29 is 4.39 Å². The highest BCUT2D eigenvalue weighted by atomic mass is 19.1. The fraction of sp³-hybridized carbons (Fsp3) is 0.300. The number of halogens is 1. The molecule has 4 rings (SSSR count). The number of hydrogen-bond donors (Lipinski definition) is 1. The molecule has 1 aromatic heterocycles. The van der Waals surface area contributed by atoms with Crippen molar-refractivity contribution in [2.45, 2.75) is 25.3 Å². The molecule has 1 fully saturated rings. The Labute approximate surface area is 135 Å². The van der Waals surface area contributed by atoms with Gasteiger partial charge in [0.2, 0.25) is 0 Å². The number of nitrogens with one attached hydrogen (secondary N) is 1. The van der Waals surface area contributed by atoms with Crippen LogP contribution >= 0.6 is 0 Å². The Morgan fingerprint density at radius 2 is 1.78 bits per heavy atom. The van der Waals surface area contributed by atoms with Gasteiger partial charge in [0.25, 0.3) is 0 Å². The van der Waals surface area contributed by atoms with Crippen molar-refractivity contribution in [2.24, 2.45) is 0 Å². The third kappa shape index (κ3) is 3.15. The minimum atomic E-state index is -0.147. The molecule has 0 atom stereocenters. The number of likely N-dealkylation sites (tertiary alicyclic amines) is 1. The zero-order valence-corrected chi connectivity index (χ0v) is 13.1. The van der Waals surface area contributed by atoms with Gasteiger partial charge in [-0.15, -0.1) is 0 Å². The number of fused-ring (bicyclic) bond motifs is 1.